The maximum atomic E-state index is 11.9. The van der Waals surface area contributed by atoms with Crippen LogP contribution in [0.4, 0.5) is 11.4 Å². The van der Waals surface area contributed by atoms with Crippen molar-refractivity contribution < 1.29 is 12.6 Å². The van der Waals surface area contributed by atoms with Crippen molar-refractivity contribution in [1.82, 2.24) is 0 Å². The Bertz CT molecular complexity index is 654. The van der Waals surface area contributed by atoms with Crippen LogP contribution in [0.3, 0.4) is 0 Å². The topological polar surface area (TPSA) is 95.4 Å². The third kappa shape index (κ3) is 2.54. The monoisotopic (exact) mass is 264 g/mol. The molecule has 6 heteroatoms. The molecule has 0 atom stereocenters. The van der Waals surface area contributed by atoms with Gasteiger partial charge in [-0.15, -0.1) is 0 Å². The molecule has 0 amide bonds. The highest BCUT2D eigenvalue weighted by Gasteiger charge is 2.16. The van der Waals surface area contributed by atoms with Gasteiger partial charge >= 0.3 is 10.1 Å². The SMILES string of the molecule is Nc1ccc(OS(=O)(=O)c2ccccc2)cc1N. The van der Waals surface area contributed by atoms with Gasteiger partial charge in [-0.05, 0) is 24.3 Å². The van der Waals surface area contributed by atoms with E-state index in [1.165, 1.54) is 30.3 Å². The van der Waals surface area contributed by atoms with Gasteiger partial charge in [-0.3, -0.25) is 0 Å². The Morgan fingerprint density at radius 3 is 2.17 bits per heavy atom. The second-order valence-electron chi connectivity index (χ2n) is 3.64. The molecule has 0 saturated carbocycles. The fourth-order valence-corrected chi connectivity index (χ4v) is 2.31. The van der Waals surface area contributed by atoms with Crippen LogP contribution in [-0.4, -0.2) is 8.42 Å². The molecule has 2 aromatic rings. The molecular weight excluding hydrogens is 252 g/mol. The first kappa shape index (κ1) is 12.3. The van der Waals surface area contributed by atoms with E-state index in [1.807, 2.05) is 0 Å². The number of anilines is 2. The lowest BCUT2D eigenvalue weighted by molar-refractivity contribution is 0.486. The van der Waals surface area contributed by atoms with E-state index >= 15 is 0 Å². The lowest BCUT2D eigenvalue weighted by Crippen LogP contribution is -2.09. The van der Waals surface area contributed by atoms with Crippen LogP contribution in [-0.2, 0) is 10.1 Å². The Labute approximate surface area is 105 Å². The second kappa shape index (κ2) is 4.58. The molecular formula is C12H12N2O3S. The van der Waals surface area contributed by atoms with Crippen LogP contribution in [0.2, 0.25) is 0 Å². The molecule has 0 fully saturated rings. The minimum absolute atomic E-state index is 0.0837. The molecule has 4 N–H and O–H groups in total. The van der Waals surface area contributed by atoms with Gasteiger partial charge < -0.3 is 15.7 Å². The highest BCUT2D eigenvalue weighted by molar-refractivity contribution is 7.87. The zero-order valence-corrected chi connectivity index (χ0v) is 10.2. The Kier molecular flexibility index (Phi) is 3.12. The van der Waals surface area contributed by atoms with Crippen molar-refractivity contribution in [3.8, 4) is 5.75 Å². The summed E-state index contributed by atoms with van der Waals surface area (Å²) < 4.78 is 28.8. The molecule has 0 unspecified atom stereocenters. The third-order valence-corrected chi connectivity index (χ3v) is 3.56. The molecule has 0 aromatic heterocycles. The van der Waals surface area contributed by atoms with E-state index in [-0.39, 0.29) is 16.3 Å². The predicted octanol–water partition coefficient (Wildman–Crippen LogP) is 1.62. The van der Waals surface area contributed by atoms with E-state index in [9.17, 15) is 8.42 Å². The molecule has 0 spiro atoms. The van der Waals surface area contributed by atoms with Crippen molar-refractivity contribution in [2.24, 2.45) is 0 Å². The van der Waals surface area contributed by atoms with Crippen molar-refractivity contribution in [1.29, 1.82) is 0 Å². The number of rotatable bonds is 3. The molecule has 0 aliphatic heterocycles. The highest BCUT2D eigenvalue weighted by atomic mass is 32.2. The molecule has 0 saturated heterocycles. The van der Waals surface area contributed by atoms with Crippen molar-refractivity contribution in [2.75, 3.05) is 11.5 Å². The molecule has 0 bridgehead atoms. The van der Waals surface area contributed by atoms with Crippen LogP contribution in [0.25, 0.3) is 0 Å². The summed E-state index contributed by atoms with van der Waals surface area (Å²) in [5, 5.41) is 0. The van der Waals surface area contributed by atoms with Crippen LogP contribution in [0.1, 0.15) is 0 Å². The Morgan fingerprint density at radius 2 is 1.56 bits per heavy atom. The van der Waals surface area contributed by atoms with E-state index < -0.39 is 10.1 Å². The molecule has 0 radical (unpaired) electrons. The Hall–Kier alpha value is -2.21. The van der Waals surface area contributed by atoms with Gasteiger partial charge in [0.25, 0.3) is 0 Å². The van der Waals surface area contributed by atoms with Crippen LogP contribution >= 0.6 is 0 Å². The fraction of sp³-hybridized carbons (Fsp3) is 0. The van der Waals surface area contributed by atoms with Gasteiger partial charge in [-0.25, -0.2) is 0 Å². The lowest BCUT2D eigenvalue weighted by Gasteiger charge is -2.08. The molecule has 0 aliphatic rings. The standard InChI is InChI=1S/C12H12N2O3S/c13-11-7-6-9(8-12(11)14)17-18(15,16)10-4-2-1-3-5-10/h1-8H,13-14H2. The Morgan fingerprint density at radius 1 is 0.889 bits per heavy atom. The largest absolute Gasteiger partial charge is 0.397 e. The highest BCUT2D eigenvalue weighted by Crippen LogP contribution is 2.24. The summed E-state index contributed by atoms with van der Waals surface area (Å²) in [6.07, 6.45) is 0. The van der Waals surface area contributed by atoms with E-state index in [4.69, 9.17) is 15.7 Å². The molecule has 0 aliphatic carbocycles. The average Bonchev–Trinajstić information content (AvgIpc) is 2.35. The molecule has 18 heavy (non-hydrogen) atoms. The summed E-state index contributed by atoms with van der Waals surface area (Å²) in [6, 6.07) is 12.2. The summed E-state index contributed by atoms with van der Waals surface area (Å²) in [6.45, 7) is 0. The summed E-state index contributed by atoms with van der Waals surface area (Å²) in [7, 11) is -3.84. The first-order valence-electron chi connectivity index (χ1n) is 5.13. The van der Waals surface area contributed by atoms with E-state index in [2.05, 4.69) is 0 Å². The number of nitrogen functional groups attached to an aromatic ring is 2. The predicted molar refractivity (Wildman–Crippen MR) is 69.5 cm³/mol. The van der Waals surface area contributed by atoms with Crippen LogP contribution in [0, 0.1) is 0 Å². The zero-order valence-electron chi connectivity index (χ0n) is 9.41. The van der Waals surface area contributed by atoms with Crippen LogP contribution < -0.4 is 15.7 Å². The lowest BCUT2D eigenvalue weighted by atomic mass is 10.3. The quantitative estimate of drug-likeness (QED) is 0.648. The van der Waals surface area contributed by atoms with Gasteiger partial charge in [0.15, 0.2) is 0 Å². The average molecular weight is 264 g/mol. The van der Waals surface area contributed by atoms with Crippen molar-refractivity contribution in [2.45, 2.75) is 4.90 Å². The smallest absolute Gasteiger partial charge is 0.339 e. The van der Waals surface area contributed by atoms with Crippen molar-refractivity contribution in [3.05, 3.63) is 48.5 Å². The second-order valence-corrected chi connectivity index (χ2v) is 5.19. The number of hydrogen-bond donors (Lipinski definition) is 2. The first-order valence-corrected chi connectivity index (χ1v) is 6.54. The van der Waals surface area contributed by atoms with Gasteiger partial charge in [0.1, 0.15) is 10.6 Å². The maximum Gasteiger partial charge on any atom is 0.339 e. The van der Waals surface area contributed by atoms with E-state index in [1.54, 1.807) is 18.2 Å². The Balaban J connectivity index is 2.31. The molecule has 0 heterocycles. The van der Waals surface area contributed by atoms with E-state index in [0.29, 0.717) is 5.69 Å². The minimum Gasteiger partial charge on any atom is -0.397 e. The summed E-state index contributed by atoms with van der Waals surface area (Å²) in [4.78, 5) is 0.0837. The van der Waals surface area contributed by atoms with Gasteiger partial charge in [-0.1, -0.05) is 18.2 Å². The zero-order chi connectivity index (χ0) is 13.2. The maximum absolute atomic E-state index is 11.9. The number of hydrogen-bond acceptors (Lipinski definition) is 5. The van der Waals surface area contributed by atoms with Gasteiger partial charge in [0.05, 0.1) is 11.4 Å². The summed E-state index contributed by atoms with van der Waals surface area (Å²) in [5.74, 6) is 0.130. The van der Waals surface area contributed by atoms with Crippen molar-refractivity contribution >= 4 is 21.5 Å². The molecule has 2 rings (SSSR count). The van der Waals surface area contributed by atoms with Crippen molar-refractivity contribution in [3.63, 3.8) is 0 Å². The minimum atomic E-state index is -3.84. The summed E-state index contributed by atoms with van der Waals surface area (Å²) in [5.41, 5.74) is 11.8. The first-order chi connectivity index (χ1) is 8.49. The van der Waals surface area contributed by atoms with Gasteiger partial charge in [-0.2, -0.15) is 8.42 Å². The van der Waals surface area contributed by atoms with Crippen LogP contribution in [0.5, 0.6) is 5.75 Å². The van der Waals surface area contributed by atoms with Crippen LogP contribution in [0.15, 0.2) is 53.4 Å². The fourth-order valence-electron chi connectivity index (χ4n) is 1.37. The molecule has 94 valence electrons. The number of nitrogens with two attached hydrogens (primary N) is 2. The molecule has 5 nitrogen and oxygen atoms in total. The third-order valence-electron chi connectivity index (χ3n) is 2.30. The van der Waals surface area contributed by atoms with Gasteiger partial charge in [0.2, 0.25) is 0 Å². The van der Waals surface area contributed by atoms with Gasteiger partial charge in [0, 0.05) is 6.07 Å². The number of benzene rings is 2. The molecule has 2 aromatic carbocycles. The van der Waals surface area contributed by atoms with E-state index in [0.717, 1.165) is 0 Å². The summed E-state index contributed by atoms with van der Waals surface area (Å²) >= 11 is 0. The normalized spacial score (nSPS) is 11.1.